The first-order chi connectivity index (χ1) is 9.77. The molecule has 0 amide bonds. The summed E-state index contributed by atoms with van der Waals surface area (Å²) in [6.45, 7) is 7.75. The highest BCUT2D eigenvalue weighted by Crippen LogP contribution is 2.29. The van der Waals surface area contributed by atoms with Gasteiger partial charge < -0.3 is 0 Å². The van der Waals surface area contributed by atoms with Gasteiger partial charge in [0.2, 0.25) is 0 Å². The summed E-state index contributed by atoms with van der Waals surface area (Å²) in [5, 5.41) is 3.58. The first kappa shape index (κ1) is 15.7. The molecule has 6 heteroatoms. The Kier molecular flexibility index (Phi) is 4.46. The molecule has 0 saturated carbocycles. The molecule has 1 aromatic heterocycles. The van der Waals surface area contributed by atoms with Crippen LogP contribution in [0.4, 0.5) is 13.2 Å². The van der Waals surface area contributed by atoms with Gasteiger partial charge in [-0.05, 0) is 37.6 Å². The molecule has 0 unspecified atom stereocenters. The summed E-state index contributed by atoms with van der Waals surface area (Å²) in [5.41, 5.74) is 1.84. The Bertz CT molecular complexity index is 659. The van der Waals surface area contributed by atoms with Crippen LogP contribution in [-0.4, -0.2) is 15.5 Å². The van der Waals surface area contributed by atoms with Gasteiger partial charge in [-0.25, -0.2) is 4.68 Å². The van der Waals surface area contributed by atoms with Crippen LogP contribution in [0.15, 0.2) is 47.5 Å². The van der Waals surface area contributed by atoms with Crippen LogP contribution < -0.4 is 0 Å². The number of nitrogens with zero attached hydrogens (tertiary/aromatic N) is 2. The Morgan fingerprint density at radius 3 is 2.62 bits per heavy atom. The van der Waals surface area contributed by atoms with E-state index in [0.717, 1.165) is 27.9 Å². The fourth-order valence-corrected chi connectivity index (χ4v) is 2.61. The molecule has 0 aliphatic heterocycles. The average molecular weight is 312 g/mol. The highest BCUT2D eigenvalue weighted by Gasteiger charge is 2.33. The summed E-state index contributed by atoms with van der Waals surface area (Å²) < 4.78 is 39.0. The number of aryl methyl sites for hydroxylation is 1. The van der Waals surface area contributed by atoms with Crippen LogP contribution in [0.5, 0.6) is 0 Å². The third-order valence-electron chi connectivity index (χ3n) is 2.79. The highest BCUT2D eigenvalue weighted by atomic mass is 32.2. The second-order valence-electron chi connectivity index (χ2n) is 4.84. The van der Waals surface area contributed by atoms with Crippen molar-refractivity contribution in [1.82, 2.24) is 9.78 Å². The zero-order valence-electron chi connectivity index (χ0n) is 11.7. The van der Waals surface area contributed by atoms with Gasteiger partial charge in [0.25, 0.3) is 0 Å². The number of aromatic nitrogens is 2. The molecule has 1 heterocycles. The van der Waals surface area contributed by atoms with E-state index < -0.39 is 11.9 Å². The second kappa shape index (κ2) is 5.97. The molecule has 0 radical (unpaired) electrons. The molecule has 0 aliphatic rings. The maximum Gasteiger partial charge on any atom is 0.435 e. The average Bonchev–Trinajstić information content (AvgIpc) is 2.87. The van der Waals surface area contributed by atoms with E-state index in [1.807, 2.05) is 26.0 Å². The van der Waals surface area contributed by atoms with E-state index >= 15 is 0 Å². The summed E-state index contributed by atoms with van der Waals surface area (Å²) in [6.07, 6.45) is -3.10. The second-order valence-corrected chi connectivity index (χ2v) is 5.86. The molecule has 0 bridgehead atoms. The minimum Gasteiger partial charge on any atom is -0.240 e. The van der Waals surface area contributed by atoms with Crippen molar-refractivity contribution >= 4 is 11.8 Å². The van der Waals surface area contributed by atoms with E-state index in [4.69, 9.17) is 0 Å². The SMILES string of the molecule is C=C(C)CSc1cc(-n2ccc(C(F)(F)F)n2)ccc1C. The normalized spacial score (nSPS) is 11.7. The molecule has 1 aromatic carbocycles. The van der Waals surface area contributed by atoms with E-state index in [2.05, 4.69) is 11.7 Å². The smallest absolute Gasteiger partial charge is 0.240 e. The third-order valence-corrected chi connectivity index (χ3v) is 4.18. The van der Waals surface area contributed by atoms with Crippen molar-refractivity contribution in [2.24, 2.45) is 0 Å². The molecular weight excluding hydrogens is 297 g/mol. The van der Waals surface area contributed by atoms with Crippen LogP contribution in [0, 0.1) is 6.92 Å². The Morgan fingerprint density at radius 2 is 2.05 bits per heavy atom. The zero-order chi connectivity index (χ0) is 15.6. The molecule has 2 aromatic rings. The molecule has 0 aliphatic carbocycles. The van der Waals surface area contributed by atoms with Crippen molar-refractivity contribution in [2.45, 2.75) is 24.9 Å². The van der Waals surface area contributed by atoms with Gasteiger partial charge in [-0.15, -0.1) is 11.8 Å². The molecule has 0 atom stereocenters. The molecule has 2 nitrogen and oxygen atoms in total. The predicted molar refractivity (Wildman–Crippen MR) is 78.8 cm³/mol. The molecule has 2 rings (SSSR count). The van der Waals surface area contributed by atoms with E-state index in [1.54, 1.807) is 17.8 Å². The standard InChI is InChI=1S/C15H15F3N2S/c1-10(2)9-21-13-8-12(5-4-11(13)3)20-7-6-14(19-20)15(16,17)18/h4-8H,1,9H2,2-3H3. The summed E-state index contributed by atoms with van der Waals surface area (Å²) in [7, 11) is 0. The fourth-order valence-electron chi connectivity index (χ4n) is 1.71. The number of alkyl halides is 3. The molecule has 112 valence electrons. The van der Waals surface area contributed by atoms with E-state index in [1.165, 1.54) is 10.9 Å². The molecule has 0 fully saturated rings. The minimum absolute atomic E-state index is 0.611. The van der Waals surface area contributed by atoms with Crippen molar-refractivity contribution in [3.8, 4) is 5.69 Å². The van der Waals surface area contributed by atoms with Crippen LogP contribution in [0.2, 0.25) is 0 Å². The Balaban J connectivity index is 2.30. The Labute approximate surface area is 125 Å². The van der Waals surface area contributed by atoms with Crippen molar-refractivity contribution in [3.05, 3.63) is 53.9 Å². The first-order valence-corrected chi connectivity index (χ1v) is 7.27. The van der Waals surface area contributed by atoms with Crippen molar-refractivity contribution < 1.29 is 13.2 Å². The van der Waals surface area contributed by atoms with E-state index in [9.17, 15) is 13.2 Å². The molecule has 21 heavy (non-hydrogen) atoms. The highest BCUT2D eigenvalue weighted by molar-refractivity contribution is 7.99. The van der Waals surface area contributed by atoms with Gasteiger partial charge >= 0.3 is 6.18 Å². The first-order valence-electron chi connectivity index (χ1n) is 6.28. The van der Waals surface area contributed by atoms with Crippen LogP contribution in [0.25, 0.3) is 5.69 Å². The van der Waals surface area contributed by atoms with Gasteiger partial charge in [-0.2, -0.15) is 18.3 Å². The maximum absolute atomic E-state index is 12.6. The van der Waals surface area contributed by atoms with Gasteiger partial charge in [0, 0.05) is 16.8 Å². The maximum atomic E-state index is 12.6. The quantitative estimate of drug-likeness (QED) is 0.592. The number of rotatable bonds is 4. The van der Waals surface area contributed by atoms with Crippen LogP contribution in [0.3, 0.4) is 0 Å². The molecular formula is C15H15F3N2S. The summed E-state index contributed by atoms with van der Waals surface area (Å²) >= 11 is 1.61. The van der Waals surface area contributed by atoms with Crippen molar-refractivity contribution in [3.63, 3.8) is 0 Å². The van der Waals surface area contributed by atoms with Gasteiger partial charge in [-0.1, -0.05) is 18.2 Å². The third kappa shape index (κ3) is 3.91. The van der Waals surface area contributed by atoms with Gasteiger partial charge in [0.05, 0.1) is 5.69 Å². The number of thioether (sulfide) groups is 1. The molecule has 0 N–H and O–H groups in total. The molecule has 0 saturated heterocycles. The topological polar surface area (TPSA) is 17.8 Å². The van der Waals surface area contributed by atoms with Crippen molar-refractivity contribution in [1.29, 1.82) is 0 Å². The Morgan fingerprint density at radius 1 is 1.33 bits per heavy atom. The number of halogens is 3. The summed E-state index contributed by atoms with van der Waals surface area (Å²) in [4.78, 5) is 1.01. The van der Waals surface area contributed by atoms with E-state index in [0.29, 0.717) is 5.69 Å². The predicted octanol–water partition coefficient (Wildman–Crippen LogP) is 4.87. The fraction of sp³-hybridized carbons (Fsp3) is 0.267. The number of hydrogen-bond acceptors (Lipinski definition) is 2. The zero-order valence-corrected chi connectivity index (χ0v) is 12.6. The summed E-state index contributed by atoms with van der Waals surface area (Å²) in [5.74, 6) is 0.775. The van der Waals surface area contributed by atoms with Gasteiger partial charge in [0.15, 0.2) is 5.69 Å². The van der Waals surface area contributed by atoms with Crippen LogP contribution >= 0.6 is 11.8 Å². The number of benzene rings is 1. The summed E-state index contributed by atoms with van der Waals surface area (Å²) in [6, 6.07) is 6.45. The van der Waals surface area contributed by atoms with Crippen molar-refractivity contribution in [2.75, 3.05) is 5.75 Å². The molecule has 0 spiro atoms. The number of hydrogen-bond donors (Lipinski definition) is 0. The lowest BCUT2D eigenvalue weighted by atomic mass is 10.2. The minimum atomic E-state index is -4.42. The lowest BCUT2D eigenvalue weighted by molar-refractivity contribution is -0.141. The lowest BCUT2D eigenvalue weighted by Crippen LogP contribution is -2.07. The lowest BCUT2D eigenvalue weighted by Gasteiger charge is -2.09. The van der Waals surface area contributed by atoms with Gasteiger partial charge in [-0.3, -0.25) is 0 Å². The Hall–Kier alpha value is -1.69. The van der Waals surface area contributed by atoms with E-state index in [-0.39, 0.29) is 0 Å². The van der Waals surface area contributed by atoms with Crippen LogP contribution in [0.1, 0.15) is 18.2 Å². The monoisotopic (exact) mass is 312 g/mol. The largest absolute Gasteiger partial charge is 0.435 e. The van der Waals surface area contributed by atoms with Gasteiger partial charge in [0.1, 0.15) is 0 Å². The van der Waals surface area contributed by atoms with Crippen LogP contribution in [-0.2, 0) is 6.18 Å².